The molecule has 7 heteroatoms. The lowest BCUT2D eigenvalue weighted by atomic mass is 10.1. The molecule has 0 fully saturated rings. The summed E-state index contributed by atoms with van der Waals surface area (Å²) in [5, 5.41) is 9.53. The van der Waals surface area contributed by atoms with E-state index >= 15 is 0 Å². The molecule has 0 saturated heterocycles. The fraction of sp³-hybridized carbons (Fsp3) is 0.357. The van der Waals surface area contributed by atoms with E-state index in [2.05, 4.69) is 9.71 Å². The number of nitrogens with one attached hydrogen (secondary N) is 1. The lowest BCUT2D eigenvalue weighted by Crippen LogP contribution is -2.23. The van der Waals surface area contributed by atoms with Crippen molar-refractivity contribution >= 4 is 21.4 Å². The van der Waals surface area contributed by atoms with Gasteiger partial charge in [0.25, 0.3) is 0 Å². The van der Waals surface area contributed by atoms with Crippen molar-refractivity contribution < 1.29 is 13.5 Å². The molecule has 21 heavy (non-hydrogen) atoms. The maximum absolute atomic E-state index is 12.2. The van der Waals surface area contributed by atoms with Crippen LogP contribution in [0.4, 0.5) is 0 Å². The highest BCUT2D eigenvalue weighted by Crippen LogP contribution is 2.14. The van der Waals surface area contributed by atoms with Gasteiger partial charge in [-0.2, -0.15) is 0 Å². The molecule has 0 unspecified atom stereocenters. The molecule has 1 aromatic carbocycles. The molecule has 0 spiro atoms. The molecule has 0 saturated carbocycles. The second-order valence-electron chi connectivity index (χ2n) is 4.66. The van der Waals surface area contributed by atoms with Gasteiger partial charge in [0.15, 0.2) is 0 Å². The predicted molar refractivity (Wildman–Crippen MR) is 82.7 cm³/mol. The van der Waals surface area contributed by atoms with Crippen LogP contribution in [0.25, 0.3) is 0 Å². The summed E-state index contributed by atoms with van der Waals surface area (Å²) in [6.45, 7) is 2.27. The Bertz CT molecular complexity index is 678. The van der Waals surface area contributed by atoms with Gasteiger partial charge in [-0.25, -0.2) is 18.1 Å². The largest absolute Gasteiger partial charge is 0.396 e. The zero-order valence-corrected chi connectivity index (χ0v) is 13.4. The van der Waals surface area contributed by atoms with Crippen LogP contribution in [0.5, 0.6) is 0 Å². The predicted octanol–water partition coefficient (Wildman–Crippen LogP) is 1.85. The molecule has 0 atom stereocenters. The minimum Gasteiger partial charge on any atom is -0.396 e. The second-order valence-corrected chi connectivity index (χ2v) is 7.75. The summed E-state index contributed by atoms with van der Waals surface area (Å²) >= 11 is 1.47. The fourth-order valence-corrected chi connectivity index (χ4v) is 3.65. The van der Waals surface area contributed by atoms with Crippen LogP contribution in [0, 0.1) is 6.92 Å². The molecule has 5 nitrogen and oxygen atoms in total. The van der Waals surface area contributed by atoms with Crippen molar-refractivity contribution in [2.45, 2.75) is 31.2 Å². The third-order valence-corrected chi connectivity index (χ3v) is 5.27. The highest BCUT2D eigenvalue weighted by atomic mass is 32.2. The molecular formula is C14H18N2O3S2. The minimum atomic E-state index is -3.52. The van der Waals surface area contributed by atoms with Crippen molar-refractivity contribution in [3.8, 4) is 0 Å². The van der Waals surface area contributed by atoms with E-state index in [1.807, 2.05) is 6.92 Å². The molecule has 2 aromatic rings. The maximum Gasteiger partial charge on any atom is 0.240 e. The summed E-state index contributed by atoms with van der Waals surface area (Å²) in [7, 11) is -3.52. The SMILES string of the molecule is Cc1cnc(CNS(=O)(=O)c2ccc(CCCO)cc2)s1. The Morgan fingerprint density at radius 3 is 2.57 bits per heavy atom. The van der Waals surface area contributed by atoms with Gasteiger partial charge in [0, 0.05) is 17.7 Å². The first-order chi connectivity index (χ1) is 10.0. The molecule has 114 valence electrons. The van der Waals surface area contributed by atoms with Gasteiger partial charge in [0.05, 0.1) is 11.4 Å². The zero-order chi connectivity index (χ0) is 15.3. The third-order valence-electron chi connectivity index (χ3n) is 2.94. The smallest absolute Gasteiger partial charge is 0.240 e. The summed E-state index contributed by atoms with van der Waals surface area (Å²) in [6, 6.07) is 6.72. The first-order valence-corrected chi connectivity index (χ1v) is 8.92. The van der Waals surface area contributed by atoms with Crippen LogP contribution in [-0.4, -0.2) is 25.1 Å². The monoisotopic (exact) mass is 326 g/mol. The molecule has 2 N–H and O–H groups in total. The Hall–Kier alpha value is -1.28. The van der Waals surface area contributed by atoms with Crippen LogP contribution >= 0.6 is 11.3 Å². The van der Waals surface area contributed by atoms with E-state index in [4.69, 9.17) is 5.11 Å². The van der Waals surface area contributed by atoms with E-state index in [9.17, 15) is 8.42 Å². The van der Waals surface area contributed by atoms with Gasteiger partial charge < -0.3 is 5.11 Å². The van der Waals surface area contributed by atoms with Gasteiger partial charge in [-0.3, -0.25) is 0 Å². The van der Waals surface area contributed by atoms with E-state index in [-0.39, 0.29) is 18.0 Å². The third kappa shape index (κ3) is 4.60. The Balaban J connectivity index is 2.01. The van der Waals surface area contributed by atoms with E-state index in [1.54, 1.807) is 30.5 Å². The number of aromatic nitrogens is 1. The van der Waals surface area contributed by atoms with E-state index in [0.717, 1.165) is 21.9 Å². The number of hydrogen-bond acceptors (Lipinski definition) is 5. The molecule has 1 heterocycles. The average molecular weight is 326 g/mol. The quantitative estimate of drug-likeness (QED) is 0.814. The molecule has 2 rings (SSSR count). The topological polar surface area (TPSA) is 79.3 Å². The number of hydrogen-bond donors (Lipinski definition) is 2. The van der Waals surface area contributed by atoms with Crippen molar-refractivity contribution in [1.82, 2.24) is 9.71 Å². The van der Waals surface area contributed by atoms with Gasteiger partial charge >= 0.3 is 0 Å². The molecule has 0 bridgehead atoms. The van der Waals surface area contributed by atoms with Gasteiger partial charge in [0.2, 0.25) is 10.0 Å². The number of aryl methyl sites for hydroxylation is 2. The Kier molecular flexibility index (Phi) is 5.46. The van der Waals surface area contributed by atoms with Crippen molar-refractivity contribution in [3.63, 3.8) is 0 Å². The molecule has 0 radical (unpaired) electrons. The Labute approximate surface area is 128 Å². The molecule has 1 aromatic heterocycles. The van der Waals surface area contributed by atoms with Gasteiger partial charge in [-0.15, -0.1) is 11.3 Å². The molecule has 0 aliphatic carbocycles. The van der Waals surface area contributed by atoms with E-state index in [1.165, 1.54) is 11.3 Å². The summed E-state index contributed by atoms with van der Waals surface area (Å²) in [6.07, 6.45) is 3.14. The van der Waals surface area contributed by atoms with E-state index < -0.39 is 10.0 Å². The molecule has 0 amide bonds. The summed E-state index contributed by atoms with van der Waals surface area (Å²) in [5.41, 5.74) is 1.01. The minimum absolute atomic E-state index is 0.134. The standard InChI is InChI=1S/C14H18N2O3S2/c1-11-9-15-14(20-11)10-16-21(18,19)13-6-4-12(5-7-13)3-2-8-17/h4-7,9,16-17H,2-3,8,10H2,1H3. The maximum atomic E-state index is 12.2. The summed E-state index contributed by atoms with van der Waals surface area (Å²) in [4.78, 5) is 5.42. The number of thiazole rings is 1. The lowest BCUT2D eigenvalue weighted by molar-refractivity contribution is 0.288. The number of nitrogens with zero attached hydrogens (tertiary/aromatic N) is 1. The average Bonchev–Trinajstić information content (AvgIpc) is 2.89. The van der Waals surface area contributed by atoms with E-state index in [0.29, 0.717) is 6.42 Å². The van der Waals surface area contributed by atoms with Crippen LogP contribution in [0.1, 0.15) is 21.9 Å². The highest BCUT2D eigenvalue weighted by Gasteiger charge is 2.14. The highest BCUT2D eigenvalue weighted by molar-refractivity contribution is 7.89. The van der Waals surface area contributed by atoms with Gasteiger partial charge in [-0.05, 0) is 37.5 Å². The number of aliphatic hydroxyl groups excluding tert-OH is 1. The van der Waals surface area contributed by atoms with Crippen molar-refractivity contribution in [2.75, 3.05) is 6.61 Å². The first-order valence-electron chi connectivity index (χ1n) is 6.62. The number of aliphatic hydroxyl groups is 1. The number of benzene rings is 1. The van der Waals surface area contributed by atoms with Gasteiger partial charge in [0.1, 0.15) is 5.01 Å². The molecule has 0 aliphatic rings. The molecular weight excluding hydrogens is 308 g/mol. The normalized spacial score (nSPS) is 11.7. The number of sulfonamides is 1. The summed E-state index contributed by atoms with van der Waals surface area (Å²) in [5.74, 6) is 0. The van der Waals surface area contributed by atoms with Crippen LogP contribution < -0.4 is 4.72 Å². The second kappa shape index (κ2) is 7.13. The van der Waals surface area contributed by atoms with Crippen molar-refractivity contribution in [1.29, 1.82) is 0 Å². The van der Waals surface area contributed by atoms with Crippen LogP contribution in [-0.2, 0) is 23.0 Å². The fourth-order valence-electron chi connectivity index (χ4n) is 1.84. The summed E-state index contributed by atoms with van der Waals surface area (Å²) < 4.78 is 26.9. The molecule has 0 aliphatic heterocycles. The van der Waals surface area contributed by atoms with Gasteiger partial charge in [-0.1, -0.05) is 12.1 Å². The Morgan fingerprint density at radius 1 is 1.29 bits per heavy atom. The zero-order valence-electron chi connectivity index (χ0n) is 11.7. The lowest BCUT2D eigenvalue weighted by Gasteiger charge is -2.06. The van der Waals surface area contributed by atoms with Crippen molar-refractivity contribution in [3.05, 3.63) is 45.9 Å². The van der Waals surface area contributed by atoms with Crippen LogP contribution in [0.15, 0.2) is 35.4 Å². The Morgan fingerprint density at radius 2 is 2.00 bits per heavy atom. The number of rotatable bonds is 7. The van der Waals surface area contributed by atoms with Crippen molar-refractivity contribution in [2.24, 2.45) is 0 Å². The van der Waals surface area contributed by atoms with Crippen LogP contribution in [0.2, 0.25) is 0 Å². The van der Waals surface area contributed by atoms with Crippen LogP contribution in [0.3, 0.4) is 0 Å². The first kappa shape index (κ1) is 16.1.